The largest absolute Gasteiger partial charge is 0.428 e. The average Bonchev–Trinajstić information content (AvgIpc) is 2.97. The zero-order valence-corrected chi connectivity index (χ0v) is 14.2. The van der Waals surface area contributed by atoms with Crippen LogP contribution >= 0.6 is 22.9 Å². The van der Waals surface area contributed by atoms with E-state index in [-0.39, 0.29) is 32.6 Å². The number of halogens is 4. The van der Waals surface area contributed by atoms with Crippen molar-refractivity contribution < 1.29 is 27.5 Å². The van der Waals surface area contributed by atoms with Crippen molar-refractivity contribution in [1.82, 2.24) is 4.98 Å². The number of carbonyl (C=O) groups excluding carboxylic acids is 2. The second kappa shape index (κ2) is 6.93. The monoisotopic (exact) mass is 400 g/mol. The van der Waals surface area contributed by atoms with Gasteiger partial charge in [0.25, 0.3) is 12.4 Å². The third-order valence-electron chi connectivity index (χ3n) is 3.30. The van der Waals surface area contributed by atoms with Crippen molar-refractivity contribution in [2.45, 2.75) is 6.18 Å². The highest BCUT2D eigenvalue weighted by Gasteiger charge is 2.30. The smallest absolute Gasteiger partial charge is 0.416 e. The second-order valence-electron chi connectivity index (χ2n) is 5.01. The Morgan fingerprint density at radius 2 is 2.00 bits per heavy atom. The van der Waals surface area contributed by atoms with Crippen LogP contribution in [-0.4, -0.2) is 17.4 Å². The molecule has 134 valence electrons. The molecule has 0 aliphatic heterocycles. The normalized spacial score (nSPS) is 11.4. The molecule has 0 spiro atoms. The van der Waals surface area contributed by atoms with E-state index in [4.69, 9.17) is 16.3 Å². The molecule has 0 saturated heterocycles. The van der Waals surface area contributed by atoms with Crippen LogP contribution in [-0.2, 0) is 11.0 Å². The number of fused-ring (bicyclic) bond motifs is 1. The Bertz CT molecular complexity index is 1000. The van der Waals surface area contributed by atoms with Gasteiger partial charge in [-0.05, 0) is 36.4 Å². The minimum absolute atomic E-state index is 0.0117. The van der Waals surface area contributed by atoms with Gasteiger partial charge in [-0.25, -0.2) is 4.98 Å². The molecule has 0 aliphatic carbocycles. The summed E-state index contributed by atoms with van der Waals surface area (Å²) in [4.78, 5) is 27.0. The highest BCUT2D eigenvalue weighted by molar-refractivity contribution is 7.22. The lowest BCUT2D eigenvalue weighted by Crippen LogP contribution is -2.13. The van der Waals surface area contributed by atoms with E-state index in [2.05, 4.69) is 10.3 Å². The first kappa shape index (κ1) is 18.2. The van der Waals surface area contributed by atoms with Crippen molar-refractivity contribution >= 4 is 50.7 Å². The van der Waals surface area contributed by atoms with Gasteiger partial charge >= 0.3 is 6.18 Å². The van der Waals surface area contributed by atoms with Crippen LogP contribution in [0.4, 0.5) is 18.3 Å². The summed E-state index contributed by atoms with van der Waals surface area (Å²) in [5.74, 6) is -0.679. The Labute approximate surface area is 153 Å². The molecule has 2 aromatic carbocycles. The minimum Gasteiger partial charge on any atom is -0.428 e. The summed E-state index contributed by atoms with van der Waals surface area (Å²) < 4.78 is 43.3. The fraction of sp³-hybridized carbons (Fsp3) is 0.0625. The van der Waals surface area contributed by atoms with Crippen LogP contribution in [0.1, 0.15) is 15.9 Å². The third-order valence-corrected chi connectivity index (χ3v) is 4.47. The van der Waals surface area contributed by atoms with Crippen molar-refractivity contribution in [1.29, 1.82) is 0 Å². The maximum atomic E-state index is 12.8. The Kier molecular flexibility index (Phi) is 4.84. The van der Waals surface area contributed by atoms with Crippen LogP contribution in [0.3, 0.4) is 0 Å². The number of nitrogens with zero attached hydrogens (tertiary/aromatic N) is 1. The summed E-state index contributed by atoms with van der Waals surface area (Å²) in [5.41, 5.74) is -0.503. The number of aromatic nitrogens is 1. The number of nitrogens with one attached hydrogen (secondary N) is 1. The van der Waals surface area contributed by atoms with Gasteiger partial charge in [-0.1, -0.05) is 22.9 Å². The number of amides is 1. The molecule has 1 N–H and O–H groups in total. The molecule has 5 nitrogen and oxygen atoms in total. The van der Waals surface area contributed by atoms with Crippen molar-refractivity contribution in [2.24, 2.45) is 0 Å². The average molecular weight is 401 g/mol. The number of benzene rings is 2. The number of thiazole rings is 1. The molecule has 1 amide bonds. The molecule has 0 bridgehead atoms. The van der Waals surface area contributed by atoms with Crippen LogP contribution in [0.15, 0.2) is 36.4 Å². The molecule has 0 saturated carbocycles. The zero-order chi connectivity index (χ0) is 18.9. The number of alkyl halides is 3. The maximum absolute atomic E-state index is 12.8. The third kappa shape index (κ3) is 3.78. The topological polar surface area (TPSA) is 68.3 Å². The molecule has 26 heavy (non-hydrogen) atoms. The molecule has 0 fully saturated rings. The van der Waals surface area contributed by atoms with Crippen LogP contribution in [0.25, 0.3) is 10.2 Å². The highest BCUT2D eigenvalue weighted by atomic mass is 35.5. The number of carbonyl (C=O) groups is 2. The standard InChI is InChI=1S/C16H8ClF3N2O3S/c17-9-2-4-12(25-7-23)10(6-9)14(24)22-15-21-11-3-1-8(16(18,19)20)5-13(11)26-15/h1-7H,(H,21,22,24). The summed E-state index contributed by atoms with van der Waals surface area (Å²) in [5, 5.41) is 2.81. The maximum Gasteiger partial charge on any atom is 0.416 e. The number of anilines is 1. The van der Waals surface area contributed by atoms with Gasteiger partial charge in [-0.3, -0.25) is 14.9 Å². The molecular formula is C16H8ClF3N2O3S. The Balaban J connectivity index is 1.90. The van der Waals surface area contributed by atoms with Crippen molar-refractivity contribution in [3.63, 3.8) is 0 Å². The number of hydrogen-bond donors (Lipinski definition) is 1. The molecule has 0 aliphatic rings. The van der Waals surface area contributed by atoms with Crippen LogP contribution < -0.4 is 10.1 Å². The molecular weight excluding hydrogens is 393 g/mol. The molecule has 10 heteroatoms. The van der Waals surface area contributed by atoms with E-state index in [0.717, 1.165) is 23.5 Å². The lowest BCUT2D eigenvalue weighted by Gasteiger charge is -2.07. The van der Waals surface area contributed by atoms with Gasteiger partial charge < -0.3 is 4.74 Å². The number of ether oxygens (including phenoxy) is 1. The summed E-state index contributed by atoms with van der Waals surface area (Å²) in [7, 11) is 0. The summed E-state index contributed by atoms with van der Waals surface area (Å²) in [6, 6.07) is 7.19. The molecule has 1 heterocycles. The van der Waals surface area contributed by atoms with Gasteiger partial charge in [0.2, 0.25) is 0 Å². The van der Waals surface area contributed by atoms with E-state index in [1.54, 1.807) is 0 Å². The number of hydrogen-bond acceptors (Lipinski definition) is 5. The lowest BCUT2D eigenvalue weighted by atomic mass is 10.2. The zero-order valence-electron chi connectivity index (χ0n) is 12.6. The first-order valence-corrected chi connectivity index (χ1v) is 8.16. The Morgan fingerprint density at radius 3 is 2.69 bits per heavy atom. The number of rotatable bonds is 4. The van der Waals surface area contributed by atoms with E-state index in [0.29, 0.717) is 5.52 Å². The first-order valence-electron chi connectivity index (χ1n) is 6.97. The predicted molar refractivity (Wildman–Crippen MR) is 90.7 cm³/mol. The SMILES string of the molecule is O=COc1ccc(Cl)cc1C(=O)Nc1nc2ccc(C(F)(F)F)cc2s1. The van der Waals surface area contributed by atoms with Gasteiger partial charge in [0.1, 0.15) is 5.75 Å². The van der Waals surface area contributed by atoms with Gasteiger partial charge in [-0.15, -0.1) is 0 Å². The predicted octanol–water partition coefficient (Wildman–Crippen LogP) is 4.76. The van der Waals surface area contributed by atoms with Crippen molar-refractivity contribution in [2.75, 3.05) is 5.32 Å². The van der Waals surface area contributed by atoms with Crippen LogP contribution in [0, 0.1) is 0 Å². The highest BCUT2D eigenvalue weighted by Crippen LogP contribution is 2.34. The minimum atomic E-state index is -4.47. The fourth-order valence-electron chi connectivity index (χ4n) is 2.15. The van der Waals surface area contributed by atoms with Crippen molar-refractivity contribution in [3.8, 4) is 5.75 Å². The summed E-state index contributed by atoms with van der Waals surface area (Å²) >= 11 is 6.73. The van der Waals surface area contributed by atoms with Crippen LogP contribution in [0.5, 0.6) is 5.75 Å². The Hall–Kier alpha value is -2.65. The molecule has 3 rings (SSSR count). The van der Waals surface area contributed by atoms with E-state index in [9.17, 15) is 22.8 Å². The quantitative estimate of drug-likeness (QED) is 0.641. The van der Waals surface area contributed by atoms with Gasteiger partial charge in [-0.2, -0.15) is 13.2 Å². The van der Waals surface area contributed by atoms with E-state index < -0.39 is 17.6 Å². The lowest BCUT2D eigenvalue weighted by molar-refractivity contribution is -0.137. The Morgan fingerprint density at radius 1 is 1.23 bits per heavy atom. The fourth-order valence-corrected chi connectivity index (χ4v) is 3.23. The molecule has 0 atom stereocenters. The van der Waals surface area contributed by atoms with E-state index in [1.165, 1.54) is 24.3 Å². The summed E-state index contributed by atoms with van der Waals surface area (Å²) in [6.45, 7) is 0.163. The van der Waals surface area contributed by atoms with Crippen LogP contribution in [0.2, 0.25) is 5.02 Å². The second-order valence-corrected chi connectivity index (χ2v) is 6.48. The van der Waals surface area contributed by atoms with Gasteiger partial charge in [0.15, 0.2) is 5.13 Å². The van der Waals surface area contributed by atoms with E-state index >= 15 is 0 Å². The van der Waals surface area contributed by atoms with E-state index in [1.807, 2.05) is 0 Å². The molecule has 1 aromatic heterocycles. The molecule has 0 radical (unpaired) electrons. The first-order chi connectivity index (χ1) is 12.3. The molecule has 0 unspecified atom stereocenters. The van der Waals surface area contributed by atoms with Crippen molar-refractivity contribution in [3.05, 3.63) is 52.5 Å². The van der Waals surface area contributed by atoms with Gasteiger partial charge in [0, 0.05) is 5.02 Å². The van der Waals surface area contributed by atoms with Gasteiger partial charge in [0.05, 0.1) is 21.3 Å². The molecule has 3 aromatic rings. The summed E-state index contributed by atoms with van der Waals surface area (Å²) in [6.07, 6.45) is -4.47.